The van der Waals surface area contributed by atoms with Gasteiger partial charge in [0, 0.05) is 18.5 Å². The van der Waals surface area contributed by atoms with Crippen molar-refractivity contribution < 1.29 is 9.59 Å². The molecule has 0 aliphatic carbocycles. The van der Waals surface area contributed by atoms with E-state index in [1.54, 1.807) is 24.0 Å². The van der Waals surface area contributed by atoms with Gasteiger partial charge < -0.3 is 10.2 Å². The zero-order valence-electron chi connectivity index (χ0n) is 20.8. The molecular weight excluding hydrogens is 455 g/mol. The highest BCUT2D eigenvalue weighted by Crippen LogP contribution is 2.25. The number of rotatable bonds is 7. The summed E-state index contributed by atoms with van der Waals surface area (Å²) in [5, 5.41) is 3.85. The maximum absolute atomic E-state index is 13.3. The minimum atomic E-state index is -0.630. The maximum atomic E-state index is 13.3. The van der Waals surface area contributed by atoms with Crippen LogP contribution in [0.5, 0.6) is 0 Å². The molecule has 6 heteroatoms. The fourth-order valence-corrected chi connectivity index (χ4v) is 3.78. The molecule has 0 heterocycles. The van der Waals surface area contributed by atoms with E-state index < -0.39 is 11.6 Å². The van der Waals surface area contributed by atoms with E-state index in [-0.39, 0.29) is 23.8 Å². The third-order valence-corrected chi connectivity index (χ3v) is 6.19. The van der Waals surface area contributed by atoms with Gasteiger partial charge in [-0.05, 0) is 68.4 Å². The van der Waals surface area contributed by atoms with E-state index in [4.69, 9.17) is 23.2 Å². The molecule has 2 amide bonds. The van der Waals surface area contributed by atoms with Crippen LogP contribution in [-0.2, 0) is 28.0 Å². The number of amides is 2. The summed E-state index contributed by atoms with van der Waals surface area (Å²) in [6.07, 6.45) is 0.915. The van der Waals surface area contributed by atoms with E-state index >= 15 is 0 Å². The van der Waals surface area contributed by atoms with Crippen molar-refractivity contribution in [3.8, 4) is 0 Å². The molecule has 0 bridgehead atoms. The molecule has 0 saturated carbocycles. The van der Waals surface area contributed by atoms with Crippen molar-refractivity contribution in [1.29, 1.82) is 0 Å². The van der Waals surface area contributed by atoms with Crippen LogP contribution in [0.15, 0.2) is 42.5 Å². The zero-order valence-corrected chi connectivity index (χ0v) is 22.3. The Morgan fingerprint density at radius 1 is 0.909 bits per heavy atom. The lowest BCUT2D eigenvalue weighted by Gasteiger charge is -2.31. The number of aryl methyl sites for hydroxylation is 1. The molecule has 2 rings (SSSR count). The van der Waals surface area contributed by atoms with Crippen LogP contribution in [0.25, 0.3) is 0 Å². The van der Waals surface area contributed by atoms with Gasteiger partial charge in [0.1, 0.15) is 6.04 Å². The van der Waals surface area contributed by atoms with Crippen molar-refractivity contribution in [2.75, 3.05) is 0 Å². The molecule has 0 fully saturated rings. The van der Waals surface area contributed by atoms with Crippen LogP contribution < -0.4 is 5.32 Å². The van der Waals surface area contributed by atoms with E-state index in [1.807, 2.05) is 26.8 Å². The second-order valence-corrected chi connectivity index (χ2v) is 11.4. The topological polar surface area (TPSA) is 49.4 Å². The molecule has 0 aliphatic heterocycles. The molecule has 1 atom stereocenters. The average molecular weight is 492 g/mol. The first kappa shape index (κ1) is 27.2. The van der Waals surface area contributed by atoms with Crippen LogP contribution in [0.4, 0.5) is 0 Å². The van der Waals surface area contributed by atoms with Crippen LogP contribution >= 0.6 is 23.2 Å². The third-order valence-electron chi connectivity index (χ3n) is 5.45. The summed E-state index contributed by atoms with van der Waals surface area (Å²) >= 11 is 12.2. The molecule has 1 N–H and O–H groups in total. The van der Waals surface area contributed by atoms with Gasteiger partial charge in [0.25, 0.3) is 0 Å². The van der Waals surface area contributed by atoms with E-state index in [9.17, 15) is 9.59 Å². The lowest BCUT2D eigenvalue weighted by Crippen LogP contribution is -2.52. The second kappa shape index (κ2) is 10.9. The maximum Gasteiger partial charge on any atom is 0.242 e. The molecule has 2 aromatic rings. The Bertz CT molecular complexity index is 973. The smallest absolute Gasteiger partial charge is 0.242 e. The highest BCUT2D eigenvalue weighted by molar-refractivity contribution is 6.42. The van der Waals surface area contributed by atoms with E-state index in [2.05, 4.69) is 50.4 Å². The summed E-state index contributed by atoms with van der Waals surface area (Å²) in [4.78, 5) is 27.8. The molecule has 2 aromatic carbocycles. The fraction of sp³-hybridized carbons (Fsp3) is 0.481. The molecule has 0 radical (unpaired) electrons. The van der Waals surface area contributed by atoms with Gasteiger partial charge in [-0.25, -0.2) is 0 Å². The number of benzene rings is 2. The minimum Gasteiger partial charge on any atom is -0.350 e. The van der Waals surface area contributed by atoms with Gasteiger partial charge in [0.15, 0.2) is 0 Å². The quantitative estimate of drug-likeness (QED) is 0.477. The first-order chi connectivity index (χ1) is 15.2. The number of carbonyl (C=O) groups excluding carboxylic acids is 2. The van der Waals surface area contributed by atoms with Gasteiger partial charge >= 0.3 is 0 Å². The Hall–Kier alpha value is -2.04. The van der Waals surface area contributed by atoms with Crippen LogP contribution in [0.2, 0.25) is 10.0 Å². The predicted molar refractivity (Wildman–Crippen MR) is 138 cm³/mol. The number of halogens is 2. The standard InChI is InChI=1S/C27H36Cl2N2O2/c1-18(25(33)30-27(5,6)7)31(17-20-10-14-22(28)23(29)16-20)24(32)15-11-19-8-12-21(13-9-19)26(2,3)4/h8-10,12-14,16,18H,11,15,17H2,1-7H3,(H,30,33)/t18-/m1/s1. The molecule has 4 nitrogen and oxygen atoms in total. The molecule has 0 saturated heterocycles. The van der Waals surface area contributed by atoms with Crippen molar-refractivity contribution >= 4 is 35.0 Å². The summed E-state index contributed by atoms with van der Waals surface area (Å²) in [7, 11) is 0. The van der Waals surface area contributed by atoms with Crippen molar-refractivity contribution in [2.45, 2.75) is 84.8 Å². The summed E-state index contributed by atoms with van der Waals surface area (Å²) in [5.41, 5.74) is 2.87. The van der Waals surface area contributed by atoms with E-state index in [1.165, 1.54) is 5.56 Å². The molecule has 180 valence electrons. The second-order valence-electron chi connectivity index (χ2n) is 10.6. The van der Waals surface area contributed by atoms with Crippen molar-refractivity contribution in [2.24, 2.45) is 0 Å². The van der Waals surface area contributed by atoms with Gasteiger partial charge in [0.2, 0.25) is 11.8 Å². The summed E-state index contributed by atoms with van der Waals surface area (Å²) in [6.45, 7) is 14.3. The Kier molecular flexibility index (Phi) is 9.01. The Morgan fingerprint density at radius 2 is 1.48 bits per heavy atom. The molecular formula is C27H36Cl2N2O2. The van der Waals surface area contributed by atoms with Crippen molar-refractivity contribution in [3.05, 3.63) is 69.2 Å². The highest BCUT2D eigenvalue weighted by atomic mass is 35.5. The molecule has 33 heavy (non-hydrogen) atoms. The molecule has 0 aromatic heterocycles. The van der Waals surface area contributed by atoms with Crippen LogP contribution in [0.3, 0.4) is 0 Å². The van der Waals surface area contributed by atoms with E-state index in [0.717, 1.165) is 11.1 Å². The van der Waals surface area contributed by atoms with Gasteiger partial charge in [-0.15, -0.1) is 0 Å². The predicted octanol–water partition coefficient (Wildman–Crippen LogP) is 6.56. The zero-order chi connectivity index (χ0) is 25.0. The molecule has 0 unspecified atom stereocenters. The number of hydrogen-bond donors (Lipinski definition) is 1. The first-order valence-electron chi connectivity index (χ1n) is 11.3. The van der Waals surface area contributed by atoms with Gasteiger partial charge in [-0.3, -0.25) is 9.59 Å². The van der Waals surface area contributed by atoms with Gasteiger partial charge in [-0.2, -0.15) is 0 Å². The highest BCUT2D eigenvalue weighted by Gasteiger charge is 2.28. The number of nitrogens with one attached hydrogen (secondary N) is 1. The Balaban J connectivity index is 2.19. The number of carbonyl (C=O) groups is 2. The van der Waals surface area contributed by atoms with E-state index in [0.29, 0.717) is 22.9 Å². The average Bonchev–Trinajstić information content (AvgIpc) is 2.70. The summed E-state index contributed by atoms with van der Waals surface area (Å²) in [6, 6.07) is 13.0. The third kappa shape index (κ3) is 8.35. The van der Waals surface area contributed by atoms with Gasteiger partial charge in [-0.1, -0.05) is 74.3 Å². The SMILES string of the molecule is C[C@H](C(=O)NC(C)(C)C)N(Cc1ccc(Cl)c(Cl)c1)C(=O)CCc1ccc(C(C)(C)C)cc1. The van der Waals surface area contributed by atoms with Crippen molar-refractivity contribution in [1.82, 2.24) is 10.2 Å². The van der Waals surface area contributed by atoms with Crippen LogP contribution in [0, 0.1) is 0 Å². The lowest BCUT2D eigenvalue weighted by molar-refractivity contribution is -0.141. The normalized spacial score (nSPS) is 12.9. The Morgan fingerprint density at radius 3 is 2.00 bits per heavy atom. The number of nitrogens with zero attached hydrogens (tertiary/aromatic N) is 1. The molecule has 0 spiro atoms. The largest absolute Gasteiger partial charge is 0.350 e. The van der Waals surface area contributed by atoms with Gasteiger partial charge in [0.05, 0.1) is 10.0 Å². The first-order valence-corrected chi connectivity index (χ1v) is 12.1. The Labute approximate surface area is 208 Å². The minimum absolute atomic E-state index is 0.0842. The number of hydrogen-bond acceptors (Lipinski definition) is 2. The monoisotopic (exact) mass is 490 g/mol. The van der Waals surface area contributed by atoms with Crippen LogP contribution in [-0.4, -0.2) is 28.3 Å². The summed E-state index contributed by atoms with van der Waals surface area (Å²) in [5.74, 6) is -0.275. The lowest BCUT2D eigenvalue weighted by atomic mass is 9.86. The van der Waals surface area contributed by atoms with Crippen LogP contribution in [0.1, 0.15) is 71.6 Å². The molecule has 0 aliphatic rings. The summed E-state index contributed by atoms with van der Waals surface area (Å²) < 4.78 is 0. The van der Waals surface area contributed by atoms with Crippen molar-refractivity contribution in [3.63, 3.8) is 0 Å². The fourth-order valence-electron chi connectivity index (χ4n) is 3.46.